The first-order chi connectivity index (χ1) is 5.38. The van der Waals surface area contributed by atoms with Gasteiger partial charge in [-0.3, -0.25) is 0 Å². The van der Waals surface area contributed by atoms with Crippen molar-refractivity contribution in [3.8, 4) is 0 Å². The van der Waals surface area contributed by atoms with Crippen molar-refractivity contribution in [3.05, 3.63) is 0 Å². The summed E-state index contributed by atoms with van der Waals surface area (Å²) in [5, 5.41) is 8.65. The van der Waals surface area contributed by atoms with Gasteiger partial charge < -0.3 is 9.84 Å². The summed E-state index contributed by atoms with van der Waals surface area (Å²) < 4.78 is 5.20. The van der Waals surface area contributed by atoms with Crippen molar-refractivity contribution in [2.75, 3.05) is 6.61 Å². The zero-order valence-corrected chi connectivity index (χ0v) is 7.25. The molecule has 0 aliphatic carbocycles. The van der Waals surface area contributed by atoms with Gasteiger partial charge in [0.2, 0.25) is 0 Å². The molecule has 2 atom stereocenters. The summed E-state index contributed by atoms with van der Waals surface area (Å²) in [6, 6.07) is 0. The van der Waals surface area contributed by atoms with Gasteiger partial charge in [-0.05, 0) is 6.42 Å². The summed E-state index contributed by atoms with van der Waals surface area (Å²) in [6.07, 6.45) is 6.90. The summed E-state index contributed by atoms with van der Waals surface area (Å²) in [5.41, 5.74) is 0. The smallest absolute Gasteiger partial charge is 0.107 e. The monoisotopic (exact) mass is 158 g/mol. The van der Waals surface area contributed by atoms with E-state index in [0.29, 0.717) is 6.10 Å². The second-order valence-corrected chi connectivity index (χ2v) is 3.24. The van der Waals surface area contributed by atoms with Gasteiger partial charge in [0.25, 0.3) is 0 Å². The first kappa shape index (κ1) is 9.01. The fourth-order valence-corrected chi connectivity index (χ4v) is 1.37. The van der Waals surface area contributed by atoms with Gasteiger partial charge in [0, 0.05) is 0 Å². The SMILES string of the molecule is CCCCCCC1OC1CO. The Kier molecular flexibility index (Phi) is 3.87. The van der Waals surface area contributed by atoms with E-state index in [9.17, 15) is 0 Å². The Morgan fingerprint density at radius 3 is 2.55 bits per heavy atom. The van der Waals surface area contributed by atoms with E-state index in [2.05, 4.69) is 6.92 Å². The number of hydrogen-bond acceptors (Lipinski definition) is 2. The van der Waals surface area contributed by atoms with Crippen LogP contribution >= 0.6 is 0 Å². The molecule has 2 nitrogen and oxygen atoms in total. The molecular weight excluding hydrogens is 140 g/mol. The predicted molar refractivity (Wildman–Crippen MR) is 44.5 cm³/mol. The Morgan fingerprint density at radius 2 is 2.00 bits per heavy atom. The maximum Gasteiger partial charge on any atom is 0.107 e. The van der Waals surface area contributed by atoms with E-state index in [0.717, 1.165) is 6.42 Å². The Labute approximate surface area is 68.6 Å². The van der Waals surface area contributed by atoms with Gasteiger partial charge in [-0.1, -0.05) is 32.6 Å². The Balaban J connectivity index is 1.82. The van der Waals surface area contributed by atoms with Crippen LogP contribution in [-0.4, -0.2) is 23.9 Å². The van der Waals surface area contributed by atoms with Gasteiger partial charge in [-0.15, -0.1) is 0 Å². The molecule has 0 spiro atoms. The van der Waals surface area contributed by atoms with Gasteiger partial charge in [0.05, 0.1) is 12.7 Å². The number of hydrogen-bond donors (Lipinski definition) is 1. The molecule has 0 aromatic carbocycles. The van der Waals surface area contributed by atoms with Crippen LogP contribution in [-0.2, 0) is 4.74 Å². The summed E-state index contributed by atoms with van der Waals surface area (Å²) in [5.74, 6) is 0. The molecule has 0 bridgehead atoms. The van der Waals surface area contributed by atoms with E-state index in [4.69, 9.17) is 9.84 Å². The molecule has 0 radical (unpaired) electrons. The molecule has 66 valence electrons. The first-order valence-corrected chi connectivity index (χ1v) is 4.64. The number of unbranched alkanes of at least 4 members (excludes halogenated alkanes) is 3. The molecule has 1 aliphatic heterocycles. The lowest BCUT2D eigenvalue weighted by atomic mass is 10.1. The number of aliphatic hydroxyl groups excluding tert-OH is 1. The highest BCUT2D eigenvalue weighted by Crippen LogP contribution is 2.26. The molecule has 1 aliphatic rings. The van der Waals surface area contributed by atoms with E-state index >= 15 is 0 Å². The lowest BCUT2D eigenvalue weighted by Crippen LogP contribution is -1.98. The number of ether oxygens (including phenoxy) is 1. The minimum atomic E-state index is 0.177. The van der Waals surface area contributed by atoms with E-state index in [1.165, 1.54) is 25.7 Å². The van der Waals surface area contributed by atoms with Crippen molar-refractivity contribution in [1.29, 1.82) is 0 Å². The third-order valence-corrected chi connectivity index (χ3v) is 2.21. The average molecular weight is 158 g/mol. The van der Waals surface area contributed by atoms with Crippen LogP contribution in [0.15, 0.2) is 0 Å². The molecule has 1 heterocycles. The highest BCUT2D eigenvalue weighted by atomic mass is 16.6. The summed E-state index contributed by atoms with van der Waals surface area (Å²) >= 11 is 0. The molecule has 0 saturated carbocycles. The third-order valence-electron chi connectivity index (χ3n) is 2.21. The van der Waals surface area contributed by atoms with Crippen LogP contribution in [0.2, 0.25) is 0 Å². The Hall–Kier alpha value is -0.0800. The third kappa shape index (κ3) is 3.21. The van der Waals surface area contributed by atoms with Crippen molar-refractivity contribution in [3.63, 3.8) is 0 Å². The molecule has 0 aromatic heterocycles. The largest absolute Gasteiger partial charge is 0.394 e. The molecular formula is C9H18O2. The molecule has 2 unspecified atom stereocenters. The van der Waals surface area contributed by atoms with Gasteiger partial charge >= 0.3 is 0 Å². The van der Waals surface area contributed by atoms with Crippen molar-refractivity contribution >= 4 is 0 Å². The highest BCUT2D eigenvalue weighted by Gasteiger charge is 2.36. The van der Waals surface area contributed by atoms with Crippen LogP contribution in [0.25, 0.3) is 0 Å². The summed E-state index contributed by atoms with van der Waals surface area (Å²) in [6.45, 7) is 2.42. The van der Waals surface area contributed by atoms with Crippen molar-refractivity contribution < 1.29 is 9.84 Å². The zero-order valence-electron chi connectivity index (χ0n) is 7.25. The minimum absolute atomic E-state index is 0.177. The van der Waals surface area contributed by atoms with Gasteiger partial charge in [-0.2, -0.15) is 0 Å². The van der Waals surface area contributed by atoms with E-state index in [1.807, 2.05) is 0 Å². The van der Waals surface area contributed by atoms with Crippen LogP contribution in [0.5, 0.6) is 0 Å². The normalized spacial score (nSPS) is 28.9. The van der Waals surface area contributed by atoms with Crippen molar-refractivity contribution in [2.24, 2.45) is 0 Å². The summed E-state index contributed by atoms with van der Waals surface area (Å²) in [7, 11) is 0. The van der Waals surface area contributed by atoms with Crippen LogP contribution < -0.4 is 0 Å². The van der Waals surface area contributed by atoms with Crippen molar-refractivity contribution in [2.45, 2.75) is 51.2 Å². The molecule has 1 fully saturated rings. The van der Waals surface area contributed by atoms with Gasteiger partial charge in [-0.25, -0.2) is 0 Å². The van der Waals surface area contributed by atoms with Crippen LogP contribution in [0, 0.1) is 0 Å². The molecule has 0 aromatic rings. The number of rotatable bonds is 6. The average Bonchev–Trinajstić information content (AvgIpc) is 2.77. The van der Waals surface area contributed by atoms with E-state index in [-0.39, 0.29) is 12.7 Å². The molecule has 1 rings (SSSR count). The molecule has 1 N–H and O–H groups in total. The number of aliphatic hydroxyl groups is 1. The first-order valence-electron chi connectivity index (χ1n) is 4.64. The van der Waals surface area contributed by atoms with Gasteiger partial charge in [0.15, 0.2) is 0 Å². The highest BCUT2D eigenvalue weighted by molar-refractivity contribution is 4.83. The van der Waals surface area contributed by atoms with E-state index < -0.39 is 0 Å². The lowest BCUT2D eigenvalue weighted by Gasteiger charge is -1.94. The zero-order chi connectivity index (χ0) is 8.10. The maximum absolute atomic E-state index is 8.65. The Bertz CT molecular complexity index is 104. The summed E-state index contributed by atoms with van der Waals surface area (Å²) in [4.78, 5) is 0. The molecule has 0 amide bonds. The maximum atomic E-state index is 8.65. The lowest BCUT2D eigenvalue weighted by molar-refractivity contribution is 0.241. The fraction of sp³-hybridized carbons (Fsp3) is 1.00. The van der Waals surface area contributed by atoms with Crippen LogP contribution in [0.3, 0.4) is 0 Å². The second kappa shape index (κ2) is 4.73. The number of epoxide rings is 1. The van der Waals surface area contributed by atoms with Crippen molar-refractivity contribution in [1.82, 2.24) is 0 Å². The van der Waals surface area contributed by atoms with Crippen LogP contribution in [0.4, 0.5) is 0 Å². The predicted octanol–water partition coefficient (Wildman–Crippen LogP) is 1.72. The fourth-order valence-electron chi connectivity index (χ4n) is 1.37. The molecule has 2 heteroatoms. The quantitative estimate of drug-likeness (QED) is 0.471. The van der Waals surface area contributed by atoms with Crippen LogP contribution in [0.1, 0.15) is 39.0 Å². The Morgan fingerprint density at radius 1 is 1.18 bits per heavy atom. The molecule has 1 saturated heterocycles. The van der Waals surface area contributed by atoms with E-state index in [1.54, 1.807) is 0 Å². The van der Waals surface area contributed by atoms with Gasteiger partial charge in [0.1, 0.15) is 6.10 Å². The minimum Gasteiger partial charge on any atom is -0.394 e. The molecule has 11 heavy (non-hydrogen) atoms. The second-order valence-electron chi connectivity index (χ2n) is 3.24. The topological polar surface area (TPSA) is 32.8 Å². The standard InChI is InChI=1S/C9H18O2/c1-2-3-4-5-6-8-9(7-10)11-8/h8-10H,2-7H2,1H3.